The molecule has 5 nitrogen and oxygen atoms in total. The summed E-state index contributed by atoms with van der Waals surface area (Å²) in [5, 5.41) is 2.14. The molecule has 0 aromatic heterocycles. The van der Waals surface area contributed by atoms with Crippen molar-refractivity contribution >= 4 is 23.7 Å². The maximum Gasteiger partial charge on any atom is 0.161 e. The van der Waals surface area contributed by atoms with Crippen molar-refractivity contribution in [2.45, 2.75) is 103 Å². The van der Waals surface area contributed by atoms with Crippen molar-refractivity contribution in [2.24, 2.45) is 0 Å². The molecule has 0 bridgehead atoms. The Bertz CT molecular complexity index is 1030. The Morgan fingerprint density at radius 2 is 1.61 bits per heavy atom. The Labute approximate surface area is 253 Å². The lowest BCUT2D eigenvalue weighted by Gasteiger charge is -2.26. The average molecular weight is 581 g/mol. The van der Waals surface area contributed by atoms with E-state index in [2.05, 4.69) is 64.7 Å². The van der Waals surface area contributed by atoms with E-state index < -0.39 is 0 Å². The van der Waals surface area contributed by atoms with Crippen LogP contribution < -0.4 is 14.4 Å². The third kappa shape index (κ3) is 12.8. The molecule has 3 rings (SSSR count). The highest BCUT2D eigenvalue weighted by Gasteiger charge is 2.13. The average Bonchev–Trinajstić information content (AvgIpc) is 3.51. The summed E-state index contributed by atoms with van der Waals surface area (Å²) < 4.78 is 11.8. The van der Waals surface area contributed by atoms with E-state index in [9.17, 15) is 4.79 Å². The summed E-state index contributed by atoms with van der Waals surface area (Å²) in [5.41, 5.74) is 3.55. The summed E-state index contributed by atoms with van der Waals surface area (Å²) in [7, 11) is 1.70. The number of hydrogen-bond acceptors (Lipinski definition) is 6. The monoisotopic (exact) mass is 580 g/mol. The molecule has 0 spiro atoms. The van der Waals surface area contributed by atoms with Gasteiger partial charge in [-0.1, -0.05) is 95.8 Å². The molecule has 0 unspecified atom stereocenters. The standard InChI is InChI=1S/C35H52N2O3S/c1-3-4-5-6-7-8-9-10-11-12-13-14-24-40-35-27-32(19-20-34(35)39-2)29-37(21-16-23-38)33-18-15-17-31(26-33)28-36-22-25-41-30-36/h15,17-20,22-23,25-27H,3-14,16,21,24,28-30H2,1-2H3. The number of carbonyl (C=O) groups excluding carboxylic acids is 1. The molecule has 0 saturated carbocycles. The zero-order chi connectivity index (χ0) is 29.0. The minimum Gasteiger partial charge on any atom is -0.493 e. The molecule has 0 fully saturated rings. The van der Waals surface area contributed by atoms with Crippen LogP contribution in [0.1, 0.15) is 102 Å². The van der Waals surface area contributed by atoms with E-state index >= 15 is 0 Å². The molecule has 1 aliphatic heterocycles. The van der Waals surface area contributed by atoms with Gasteiger partial charge in [-0.25, -0.2) is 0 Å². The first kappa shape index (κ1) is 32.9. The Morgan fingerprint density at radius 1 is 0.878 bits per heavy atom. The zero-order valence-electron chi connectivity index (χ0n) is 25.5. The first-order valence-electron chi connectivity index (χ1n) is 15.8. The van der Waals surface area contributed by atoms with Gasteiger partial charge in [0.05, 0.1) is 19.6 Å². The van der Waals surface area contributed by atoms with Gasteiger partial charge >= 0.3 is 0 Å². The van der Waals surface area contributed by atoms with Crippen molar-refractivity contribution in [1.29, 1.82) is 0 Å². The van der Waals surface area contributed by atoms with E-state index in [1.165, 1.54) is 76.2 Å². The van der Waals surface area contributed by atoms with Gasteiger partial charge in [0.2, 0.25) is 0 Å². The Balaban J connectivity index is 1.46. The van der Waals surface area contributed by atoms with Crippen LogP contribution in [0.4, 0.5) is 5.69 Å². The van der Waals surface area contributed by atoms with Crippen LogP contribution in [-0.4, -0.2) is 37.3 Å². The predicted octanol–water partition coefficient (Wildman–Crippen LogP) is 9.35. The van der Waals surface area contributed by atoms with Crippen LogP contribution in [0.15, 0.2) is 54.1 Å². The van der Waals surface area contributed by atoms with Crippen molar-refractivity contribution in [3.05, 3.63) is 65.2 Å². The number of carbonyl (C=O) groups is 1. The maximum atomic E-state index is 11.3. The number of rotatable bonds is 23. The molecular formula is C35H52N2O3S. The normalized spacial score (nSPS) is 12.6. The number of anilines is 1. The van der Waals surface area contributed by atoms with Crippen molar-refractivity contribution in [2.75, 3.05) is 31.0 Å². The molecule has 0 radical (unpaired) electrons. The van der Waals surface area contributed by atoms with Crippen LogP contribution in [0.25, 0.3) is 0 Å². The summed E-state index contributed by atoms with van der Waals surface area (Å²) in [4.78, 5) is 15.8. The van der Waals surface area contributed by atoms with Gasteiger partial charge in [-0.05, 0) is 47.2 Å². The number of methoxy groups -OCH3 is 1. The quantitative estimate of drug-likeness (QED) is 0.0963. The van der Waals surface area contributed by atoms with E-state index in [1.54, 1.807) is 7.11 Å². The van der Waals surface area contributed by atoms with Crippen LogP contribution >= 0.6 is 11.8 Å². The van der Waals surface area contributed by atoms with Crippen LogP contribution in [0.3, 0.4) is 0 Å². The zero-order valence-corrected chi connectivity index (χ0v) is 26.3. The third-order valence-electron chi connectivity index (χ3n) is 7.64. The number of hydrogen-bond donors (Lipinski definition) is 0. The van der Waals surface area contributed by atoms with E-state index in [0.717, 1.165) is 47.9 Å². The fourth-order valence-electron chi connectivity index (χ4n) is 5.28. The molecule has 6 heteroatoms. The second kappa shape index (κ2) is 20.3. The van der Waals surface area contributed by atoms with Gasteiger partial charge in [0.25, 0.3) is 0 Å². The van der Waals surface area contributed by atoms with Gasteiger partial charge in [0, 0.05) is 37.9 Å². The van der Waals surface area contributed by atoms with E-state index in [0.29, 0.717) is 26.1 Å². The van der Waals surface area contributed by atoms with Crippen molar-refractivity contribution in [3.8, 4) is 11.5 Å². The summed E-state index contributed by atoms with van der Waals surface area (Å²) in [6.07, 6.45) is 19.6. The SMILES string of the molecule is CCCCCCCCCCCCCCOc1cc(CN(CCC=O)c2cccc(CN3C=CSC3)c2)ccc1OC. The van der Waals surface area contributed by atoms with E-state index in [-0.39, 0.29) is 0 Å². The first-order chi connectivity index (χ1) is 20.2. The number of unbranched alkanes of at least 4 members (excludes halogenated alkanes) is 11. The Hall–Kier alpha value is -2.60. The molecule has 0 aliphatic carbocycles. The lowest BCUT2D eigenvalue weighted by Crippen LogP contribution is -2.24. The summed E-state index contributed by atoms with van der Waals surface area (Å²) in [6.45, 7) is 5.25. The van der Waals surface area contributed by atoms with Gasteiger partial charge in [-0.3, -0.25) is 0 Å². The van der Waals surface area contributed by atoms with Crippen LogP contribution in [0, 0.1) is 0 Å². The van der Waals surface area contributed by atoms with Crippen molar-refractivity contribution < 1.29 is 14.3 Å². The molecule has 0 atom stereocenters. The number of aldehydes is 1. The van der Waals surface area contributed by atoms with E-state index in [1.807, 2.05) is 17.8 Å². The van der Waals surface area contributed by atoms with E-state index in [4.69, 9.17) is 9.47 Å². The largest absolute Gasteiger partial charge is 0.493 e. The topological polar surface area (TPSA) is 42.0 Å². The van der Waals surface area contributed by atoms with Crippen LogP contribution in [0.2, 0.25) is 0 Å². The predicted molar refractivity (Wildman–Crippen MR) is 175 cm³/mol. The summed E-state index contributed by atoms with van der Waals surface area (Å²) in [5.74, 6) is 2.56. The minimum absolute atomic E-state index is 0.494. The van der Waals surface area contributed by atoms with Gasteiger partial charge in [0.1, 0.15) is 6.29 Å². The van der Waals surface area contributed by atoms with Gasteiger partial charge < -0.3 is 24.1 Å². The molecule has 226 valence electrons. The van der Waals surface area contributed by atoms with Crippen LogP contribution in [0.5, 0.6) is 11.5 Å². The molecule has 0 amide bonds. The molecule has 0 saturated heterocycles. The minimum atomic E-state index is 0.494. The van der Waals surface area contributed by atoms with Crippen molar-refractivity contribution in [1.82, 2.24) is 4.90 Å². The van der Waals surface area contributed by atoms with Gasteiger partial charge in [-0.15, -0.1) is 11.8 Å². The molecular weight excluding hydrogens is 528 g/mol. The highest BCUT2D eigenvalue weighted by atomic mass is 32.2. The molecule has 41 heavy (non-hydrogen) atoms. The molecule has 2 aromatic carbocycles. The second-order valence-corrected chi connectivity index (χ2v) is 12.0. The number of thioether (sulfide) groups is 1. The second-order valence-electron chi connectivity index (χ2n) is 11.1. The molecule has 1 heterocycles. The fourth-order valence-corrected chi connectivity index (χ4v) is 5.99. The smallest absolute Gasteiger partial charge is 0.161 e. The number of ether oxygens (including phenoxy) is 2. The Morgan fingerprint density at radius 3 is 2.27 bits per heavy atom. The Kier molecular flexibility index (Phi) is 16.3. The number of nitrogens with zero attached hydrogens (tertiary/aromatic N) is 2. The molecule has 1 aliphatic rings. The highest BCUT2D eigenvalue weighted by molar-refractivity contribution is 8.02. The van der Waals surface area contributed by atoms with Crippen molar-refractivity contribution in [3.63, 3.8) is 0 Å². The third-order valence-corrected chi connectivity index (χ3v) is 8.44. The van der Waals surface area contributed by atoms with Gasteiger partial charge in [0.15, 0.2) is 11.5 Å². The number of benzene rings is 2. The lowest BCUT2D eigenvalue weighted by atomic mass is 10.1. The summed E-state index contributed by atoms with van der Waals surface area (Å²) in [6, 6.07) is 14.9. The maximum absolute atomic E-state index is 11.3. The van der Waals surface area contributed by atoms with Gasteiger partial charge in [-0.2, -0.15) is 0 Å². The molecule has 2 aromatic rings. The lowest BCUT2D eigenvalue weighted by molar-refractivity contribution is -0.107. The first-order valence-corrected chi connectivity index (χ1v) is 16.9. The molecule has 0 N–H and O–H groups in total. The van der Waals surface area contributed by atoms with Crippen LogP contribution in [-0.2, 0) is 17.9 Å². The fraction of sp³-hybridized carbons (Fsp3) is 0.571. The highest BCUT2D eigenvalue weighted by Crippen LogP contribution is 2.30. The summed E-state index contributed by atoms with van der Waals surface area (Å²) >= 11 is 1.82.